The Labute approximate surface area is 127 Å². The van der Waals surface area contributed by atoms with Gasteiger partial charge in [0.05, 0.1) is 5.69 Å². The van der Waals surface area contributed by atoms with Crippen molar-refractivity contribution in [2.75, 3.05) is 0 Å². The van der Waals surface area contributed by atoms with Crippen molar-refractivity contribution < 1.29 is 17.9 Å². The molecule has 2 aliphatic rings. The molecule has 0 saturated heterocycles. The molecule has 0 spiro atoms. The van der Waals surface area contributed by atoms with Crippen molar-refractivity contribution in [3.05, 3.63) is 53.2 Å². The molecule has 0 fully saturated rings. The predicted molar refractivity (Wildman–Crippen MR) is 82.2 cm³/mol. The first kappa shape index (κ1) is 14.6. The van der Waals surface area contributed by atoms with E-state index in [1.807, 2.05) is 19.9 Å². The van der Waals surface area contributed by atoms with Crippen molar-refractivity contribution in [1.29, 1.82) is 0 Å². The normalized spacial score (nSPS) is 22.9. The molecule has 0 aromatic carbocycles. The molecular weight excluding hydrogens is 289 g/mol. The fourth-order valence-corrected chi connectivity index (χ4v) is 2.31. The van der Waals surface area contributed by atoms with Crippen LogP contribution in [0.4, 0.5) is 8.63 Å². The molecule has 0 saturated carbocycles. The summed E-state index contributed by atoms with van der Waals surface area (Å²) in [6, 6.07) is 3.56. The minimum Gasteiger partial charge on any atom is -0.626 e. The number of aromatic amines is 1. The monoisotopic (exact) mass is 305 g/mol. The van der Waals surface area contributed by atoms with Crippen LogP contribution in [0.25, 0.3) is 5.76 Å². The van der Waals surface area contributed by atoms with Crippen LogP contribution in [0.3, 0.4) is 0 Å². The van der Waals surface area contributed by atoms with E-state index in [4.69, 9.17) is 4.65 Å². The number of hydrogen-bond acceptors (Lipinski definition) is 3. The van der Waals surface area contributed by atoms with Crippen LogP contribution in [0.1, 0.15) is 31.7 Å². The van der Waals surface area contributed by atoms with E-state index >= 15 is 0 Å². The lowest BCUT2D eigenvalue weighted by Gasteiger charge is -2.34. The summed E-state index contributed by atoms with van der Waals surface area (Å²) in [6.07, 6.45) is 6.44. The van der Waals surface area contributed by atoms with Crippen LogP contribution in [-0.4, -0.2) is 17.8 Å². The van der Waals surface area contributed by atoms with Gasteiger partial charge in [0.15, 0.2) is 0 Å². The summed E-state index contributed by atoms with van der Waals surface area (Å²) in [4.78, 5) is 7.32. The maximum absolute atomic E-state index is 13.8. The Balaban J connectivity index is 2.01. The van der Waals surface area contributed by atoms with Crippen molar-refractivity contribution >= 4 is 18.6 Å². The maximum Gasteiger partial charge on any atom is 0.726 e. The van der Waals surface area contributed by atoms with Gasteiger partial charge in [0.2, 0.25) is 0 Å². The summed E-state index contributed by atoms with van der Waals surface area (Å²) in [5.74, 6) is 0.0885. The molecule has 116 valence electrons. The van der Waals surface area contributed by atoms with Crippen LogP contribution in [0, 0.1) is 0 Å². The Morgan fingerprint density at radius 3 is 2.59 bits per heavy atom. The van der Waals surface area contributed by atoms with Gasteiger partial charge < -0.3 is 22.9 Å². The van der Waals surface area contributed by atoms with Gasteiger partial charge in [-0.1, -0.05) is 13.8 Å². The quantitative estimate of drug-likeness (QED) is 0.859. The average molecular weight is 305 g/mol. The molecule has 0 aliphatic carbocycles. The minimum absolute atomic E-state index is 0.0265. The number of rotatable bonds is 3. The molecule has 0 radical (unpaired) electrons. The lowest BCUT2D eigenvalue weighted by atomic mass is 10.1. The molecule has 0 amide bonds. The van der Waals surface area contributed by atoms with Gasteiger partial charge in [0.1, 0.15) is 17.2 Å². The molecule has 1 N–H and O–H groups in total. The van der Waals surface area contributed by atoms with Gasteiger partial charge in [0.25, 0.3) is 0 Å². The number of hydrogen-bond donors (Lipinski definition) is 1. The van der Waals surface area contributed by atoms with E-state index in [9.17, 15) is 8.63 Å². The third-order valence-corrected chi connectivity index (χ3v) is 3.50. The summed E-state index contributed by atoms with van der Waals surface area (Å²) < 4.78 is 36.9. The van der Waals surface area contributed by atoms with Crippen molar-refractivity contribution in [1.82, 2.24) is 4.98 Å². The van der Waals surface area contributed by atoms with Crippen LogP contribution in [0.5, 0.6) is 0 Å². The van der Waals surface area contributed by atoms with Crippen molar-refractivity contribution in [3.8, 4) is 0 Å². The molecule has 3 heterocycles. The van der Waals surface area contributed by atoms with E-state index in [1.165, 1.54) is 6.08 Å². The van der Waals surface area contributed by atoms with Crippen molar-refractivity contribution in [3.63, 3.8) is 0 Å². The van der Waals surface area contributed by atoms with Crippen LogP contribution < -0.4 is 0 Å². The van der Waals surface area contributed by atoms with Crippen LogP contribution >= 0.6 is 0 Å². The van der Waals surface area contributed by atoms with Gasteiger partial charge in [-0.2, -0.15) is 0 Å². The predicted octanol–water partition coefficient (Wildman–Crippen LogP) is 3.97. The zero-order valence-corrected chi connectivity index (χ0v) is 12.4. The first-order valence-electron chi connectivity index (χ1n) is 7.28. The fraction of sp³-hybridized carbons (Fsp3) is 0.267. The molecule has 1 aromatic rings. The summed E-state index contributed by atoms with van der Waals surface area (Å²) in [6.45, 7) is 3.93. The number of nitrogens with zero attached hydrogens (tertiary/aromatic N) is 1. The fourth-order valence-electron chi connectivity index (χ4n) is 2.31. The summed E-state index contributed by atoms with van der Waals surface area (Å²) in [7, 11) is -4.41. The first-order chi connectivity index (χ1) is 10.5. The largest absolute Gasteiger partial charge is 0.726 e. The standard InChI is InChI=1S/C15H16BF2N2O2/c1-3-10-5-7-12(19-10)14-9-15(22-16(17,18)21-14)13-8-6-11(4-2)20-13/h5-9,19H,3-4H2,1-2H3/q-1/b15-13-. The van der Waals surface area contributed by atoms with E-state index in [2.05, 4.69) is 14.6 Å². The van der Waals surface area contributed by atoms with Gasteiger partial charge in [-0.3, -0.25) is 0 Å². The van der Waals surface area contributed by atoms with E-state index in [0.29, 0.717) is 11.4 Å². The molecule has 0 bridgehead atoms. The molecule has 7 heteroatoms. The molecule has 1 aromatic heterocycles. The molecular formula is C15H16BF2N2O2-. The van der Waals surface area contributed by atoms with E-state index in [1.54, 1.807) is 18.2 Å². The summed E-state index contributed by atoms with van der Waals surface area (Å²) in [5, 5.41) is 0. The highest BCUT2D eigenvalue weighted by Crippen LogP contribution is 2.34. The van der Waals surface area contributed by atoms with Crippen molar-refractivity contribution in [2.24, 2.45) is 4.99 Å². The Morgan fingerprint density at radius 2 is 1.95 bits per heavy atom. The van der Waals surface area contributed by atoms with Crippen LogP contribution in [0.15, 0.2) is 46.8 Å². The second-order valence-corrected chi connectivity index (χ2v) is 5.07. The maximum atomic E-state index is 13.8. The second kappa shape index (κ2) is 5.48. The zero-order valence-electron chi connectivity index (χ0n) is 12.4. The van der Waals surface area contributed by atoms with Gasteiger partial charge >= 0.3 is 7.11 Å². The molecule has 4 nitrogen and oxygen atoms in total. The number of aliphatic imine (C=N–C) groups is 1. The van der Waals surface area contributed by atoms with Gasteiger partial charge in [-0.25, -0.2) is 4.99 Å². The number of aryl methyl sites for hydroxylation is 1. The Morgan fingerprint density at radius 1 is 1.14 bits per heavy atom. The number of halogens is 2. The highest BCUT2D eigenvalue weighted by atomic mass is 19.3. The summed E-state index contributed by atoms with van der Waals surface area (Å²) in [5.41, 5.74) is 2.67. The number of allylic oxidation sites excluding steroid dienone is 3. The van der Waals surface area contributed by atoms with Crippen LogP contribution in [-0.2, 0) is 15.7 Å². The van der Waals surface area contributed by atoms with Gasteiger partial charge in [-0.15, -0.1) is 0 Å². The SMILES string of the molecule is CCC1=N/C(=C2/C=C(c3ccc(CC)[nH]3)O[B-](F)(F)O2)C=C1. The van der Waals surface area contributed by atoms with E-state index in [-0.39, 0.29) is 11.5 Å². The number of aromatic nitrogens is 1. The molecule has 0 atom stereocenters. The van der Waals surface area contributed by atoms with Gasteiger partial charge in [0, 0.05) is 17.5 Å². The minimum atomic E-state index is -4.41. The lowest BCUT2D eigenvalue weighted by molar-refractivity contribution is 0.171. The third-order valence-electron chi connectivity index (χ3n) is 3.50. The average Bonchev–Trinajstić information content (AvgIpc) is 3.14. The highest BCUT2D eigenvalue weighted by molar-refractivity contribution is 6.53. The third kappa shape index (κ3) is 2.84. The smallest absolute Gasteiger partial charge is 0.626 e. The molecule has 0 unspecified atom stereocenters. The van der Waals surface area contributed by atoms with Crippen molar-refractivity contribution in [2.45, 2.75) is 26.7 Å². The second-order valence-electron chi connectivity index (χ2n) is 5.07. The zero-order chi connectivity index (χ0) is 15.7. The lowest BCUT2D eigenvalue weighted by Crippen LogP contribution is -2.34. The van der Waals surface area contributed by atoms with E-state index in [0.717, 1.165) is 24.2 Å². The molecule has 22 heavy (non-hydrogen) atoms. The number of nitrogens with one attached hydrogen (secondary N) is 1. The highest BCUT2D eigenvalue weighted by Gasteiger charge is 2.39. The molecule has 3 rings (SSSR count). The molecule has 2 aliphatic heterocycles. The Kier molecular flexibility index (Phi) is 3.64. The topological polar surface area (TPSA) is 46.6 Å². The van der Waals surface area contributed by atoms with Gasteiger partial charge in [-0.05, 0) is 37.1 Å². The first-order valence-corrected chi connectivity index (χ1v) is 7.28. The van der Waals surface area contributed by atoms with Crippen LogP contribution in [0.2, 0.25) is 0 Å². The Hall–Kier alpha value is -2.31. The van der Waals surface area contributed by atoms with E-state index < -0.39 is 7.11 Å². The summed E-state index contributed by atoms with van der Waals surface area (Å²) >= 11 is 0. The Bertz CT molecular complexity index is 717. The number of H-pyrrole nitrogens is 1.